The van der Waals surface area contributed by atoms with Gasteiger partial charge in [0.25, 0.3) is 6.48 Å². The number of rotatable bonds is 9. The van der Waals surface area contributed by atoms with E-state index in [0.717, 1.165) is 22.1 Å². The van der Waals surface area contributed by atoms with Gasteiger partial charge in [0, 0.05) is 35.3 Å². The molecule has 0 unspecified atom stereocenters. The van der Waals surface area contributed by atoms with Crippen LogP contribution in [0.3, 0.4) is 0 Å². The zero-order valence-corrected chi connectivity index (χ0v) is 24.6. The van der Waals surface area contributed by atoms with Gasteiger partial charge in [-0.2, -0.15) is 0 Å². The molecule has 0 aliphatic rings. The summed E-state index contributed by atoms with van der Waals surface area (Å²) in [4.78, 5) is 0. The van der Waals surface area contributed by atoms with E-state index in [1.807, 2.05) is 51.1 Å². The molecule has 4 aromatic rings. The smallest absolute Gasteiger partial charge is 1.00 e. The molecule has 0 amide bonds. The average Bonchev–Trinajstić information content (AvgIpc) is 3.48. The van der Waals surface area contributed by atoms with Gasteiger partial charge in [0.1, 0.15) is 22.3 Å². The Morgan fingerprint density at radius 3 is 1.76 bits per heavy atom. The monoisotopic (exact) mass is 525 g/mol. The maximum atomic E-state index is 5.57. The maximum Gasteiger partial charge on any atom is 1.00 e. The minimum atomic E-state index is -0.472. The van der Waals surface area contributed by atoms with E-state index >= 15 is 0 Å². The Hall–Kier alpha value is -2.48. The molecule has 197 valence electrons. The van der Waals surface area contributed by atoms with E-state index in [9.17, 15) is 0 Å². The second-order valence-corrected chi connectivity index (χ2v) is 6.67. The van der Waals surface area contributed by atoms with Crippen molar-refractivity contribution in [3.05, 3.63) is 36.4 Å². The molecule has 2 aromatic heterocycles. The summed E-state index contributed by atoms with van der Waals surface area (Å²) < 4.78 is 35.5. The molecule has 4 rings (SSSR count). The molecule has 0 saturated heterocycles. The van der Waals surface area contributed by atoms with Crippen molar-refractivity contribution in [2.75, 3.05) is 52.1 Å². The molecule has 0 bridgehead atoms. The number of fused-ring (bicyclic) bond motifs is 2. The van der Waals surface area contributed by atoms with Gasteiger partial charge in [-0.25, -0.2) is 0 Å². The van der Waals surface area contributed by atoms with Crippen molar-refractivity contribution < 1.29 is 63.7 Å². The van der Waals surface area contributed by atoms with E-state index in [2.05, 4.69) is 15.6 Å². The van der Waals surface area contributed by atoms with Gasteiger partial charge in [0.15, 0.2) is 22.8 Å². The predicted octanol–water partition coefficient (Wildman–Crippen LogP) is 1.41. The Balaban J connectivity index is 0. The number of anilines is 2. The topological polar surface area (TPSA) is 136 Å². The van der Waals surface area contributed by atoms with Gasteiger partial charge < -0.3 is 45.2 Å². The second kappa shape index (κ2) is 18.7. The number of nitrogens with zero attached hydrogens (tertiary/aromatic N) is 2. The normalized spacial score (nSPS) is 9.92. The van der Waals surface area contributed by atoms with Crippen LogP contribution in [0.4, 0.5) is 11.6 Å². The largest absolute Gasteiger partial charge is 1.00 e. The minimum Gasteiger partial charge on any atom is -1.00 e. The Bertz CT molecular complexity index is 1150. The number of nitrogens with one attached hydrogen (secondary N) is 1. The number of nitrogen functional groups attached to an aromatic ring is 1. The number of hydrogen-bond acceptors (Lipinski definition) is 11. The molecule has 0 spiro atoms. The molecular formula is C24H35BN4NaO7. The number of hydrogen-bond donors (Lipinski definition) is 2. The van der Waals surface area contributed by atoms with Crippen LogP contribution in [-0.2, 0) is 14.2 Å². The molecule has 2 aromatic carbocycles. The van der Waals surface area contributed by atoms with Gasteiger partial charge in [-0.05, 0) is 45.0 Å². The maximum absolute atomic E-state index is 5.57. The van der Waals surface area contributed by atoms with Crippen LogP contribution in [0.25, 0.3) is 21.9 Å². The van der Waals surface area contributed by atoms with Gasteiger partial charge in [-0.1, -0.05) is 22.4 Å². The van der Waals surface area contributed by atoms with Gasteiger partial charge in [0.05, 0.1) is 14.2 Å². The Morgan fingerprint density at radius 2 is 1.30 bits per heavy atom. The number of ether oxygens (including phenoxy) is 5. The minimum absolute atomic E-state index is 0. The second-order valence-electron chi connectivity index (χ2n) is 6.67. The first kappa shape index (κ1) is 34.5. The molecule has 11 nitrogen and oxygen atoms in total. The summed E-state index contributed by atoms with van der Waals surface area (Å²) in [6, 6.07) is 11.0. The molecule has 0 aliphatic heterocycles. The number of methoxy groups -OCH3 is 2. The standard InChI is InChI=1S/C9H10N2O2.C8H8N2O2.C7H16O3.B.Na.H/c1-10-9-8-6(12-2)4-3-5-7(8)13-11-9;1-11-5-3-2-4-6-7(5)8(9)10-12-6;1-4-8-7(9-5-2)10-6-3;;;/h3-5H,1-2H3,(H,10,11);2-4H,1H3,(H2,9,10);7H,4-6H2,1-3H3;;;/q;;;;+1;-1. The molecule has 2 heterocycles. The van der Waals surface area contributed by atoms with E-state index in [0.29, 0.717) is 42.8 Å². The molecule has 0 fully saturated rings. The van der Waals surface area contributed by atoms with E-state index in [4.69, 9.17) is 38.5 Å². The summed E-state index contributed by atoms with van der Waals surface area (Å²) in [7, 11) is 5.01. The number of nitrogens with two attached hydrogens (primary N) is 1. The van der Waals surface area contributed by atoms with Gasteiger partial charge in [-0.15, -0.1) is 0 Å². The third-order valence-corrected chi connectivity index (χ3v) is 4.53. The van der Waals surface area contributed by atoms with Crippen molar-refractivity contribution >= 4 is 42.0 Å². The Kier molecular flexibility index (Phi) is 17.5. The van der Waals surface area contributed by atoms with Crippen LogP contribution >= 0.6 is 0 Å². The van der Waals surface area contributed by atoms with E-state index in [-0.39, 0.29) is 39.4 Å². The SMILES string of the molecule is CCOC(OCC)OCC.CNc1noc2cccc(OC)c12.COc1cccc2onc(N)c12.[B].[H-].[Na+]. The Labute approximate surface area is 242 Å². The number of aromatic nitrogens is 2. The van der Waals surface area contributed by atoms with Crippen molar-refractivity contribution in [3.8, 4) is 11.5 Å². The van der Waals surface area contributed by atoms with Crippen LogP contribution in [-0.4, -0.2) is 66.3 Å². The molecule has 3 N–H and O–H groups in total. The quantitative estimate of drug-likeness (QED) is 0.243. The Morgan fingerprint density at radius 1 is 0.838 bits per heavy atom. The number of benzene rings is 2. The van der Waals surface area contributed by atoms with Crippen molar-refractivity contribution in [1.29, 1.82) is 0 Å². The summed E-state index contributed by atoms with van der Waals surface area (Å²) in [5, 5.41) is 12.0. The molecule has 0 atom stereocenters. The third kappa shape index (κ3) is 9.73. The van der Waals surface area contributed by atoms with E-state index in [1.165, 1.54) is 0 Å². The average molecular weight is 525 g/mol. The zero-order chi connectivity index (χ0) is 25.6. The molecular weight excluding hydrogens is 490 g/mol. The molecule has 0 aliphatic carbocycles. The summed E-state index contributed by atoms with van der Waals surface area (Å²) >= 11 is 0. The van der Waals surface area contributed by atoms with E-state index in [1.54, 1.807) is 27.3 Å². The van der Waals surface area contributed by atoms with Crippen molar-refractivity contribution in [2.24, 2.45) is 0 Å². The van der Waals surface area contributed by atoms with Crippen LogP contribution in [0, 0.1) is 0 Å². The summed E-state index contributed by atoms with van der Waals surface area (Å²) in [6.45, 7) is 7.10. The van der Waals surface area contributed by atoms with Gasteiger partial charge in [0.2, 0.25) is 0 Å². The van der Waals surface area contributed by atoms with Crippen LogP contribution in [0.2, 0.25) is 0 Å². The van der Waals surface area contributed by atoms with Crippen LogP contribution in [0.15, 0.2) is 45.4 Å². The van der Waals surface area contributed by atoms with Crippen LogP contribution in [0.5, 0.6) is 11.5 Å². The van der Waals surface area contributed by atoms with Crippen LogP contribution < -0.4 is 50.1 Å². The third-order valence-electron chi connectivity index (χ3n) is 4.53. The van der Waals surface area contributed by atoms with Crippen LogP contribution in [0.1, 0.15) is 22.2 Å². The summed E-state index contributed by atoms with van der Waals surface area (Å²) in [5.74, 6) is 2.52. The first-order chi connectivity index (χ1) is 17.0. The summed E-state index contributed by atoms with van der Waals surface area (Å²) in [6.07, 6.45) is 0. The van der Waals surface area contributed by atoms with Crippen molar-refractivity contribution in [2.45, 2.75) is 27.2 Å². The molecule has 3 radical (unpaired) electrons. The zero-order valence-electron chi connectivity index (χ0n) is 23.6. The predicted molar refractivity (Wildman–Crippen MR) is 141 cm³/mol. The molecule has 13 heteroatoms. The van der Waals surface area contributed by atoms with Crippen molar-refractivity contribution in [3.63, 3.8) is 0 Å². The first-order valence-corrected chi connectivity index (χ1v) is 11.2. The molecule has 0 saturated carbocycles. The summed E-state index contributed by atoms with van der Waals surface area (Å²) in [5.41, 5.74) is 6.94. The van der Waals surface area contributed by atoms with Crippen molar-refractivity contribution in [1.82, 2.24) is 10.3 Å². The van der Waals surface area contributed by atoms with E-state index < -0.39 is 6.48 Å². The fourth-order valence-corrected chi connectivity index (χ4v) is 3.01. The first-order valence-electron chi connectivity index (χ1n) is 11.2. The fraction of sp³-hybridized carbons (Fsp3) is 0.417. The fourth-order valence-electron chi connectivity index (χ4n) is 3.01. The van der Waals surface area contributed by atoms with Gasteiger partial charge >= 0.3 is 29.6 Å². The van der Waals surface area contributed by atoms with Gasteiger partial charge in [-0.3, -0.25) is 0 Å². The molecule has 37 heavy (non-hydrogen) atoms.